The van der Waals surface area contributed by atoms with Crippen molar-refractivity contribution in [1.82, 2.24) is 15.6 Å². The topological polar surface area (TPSA) is 52.6 Å². The minimum Gasteiger partial charge on any atom is -0.357 e. The molecule has 1 atom stereocenters. The standard InChI is InChI=1S/C20H29N5S.HI/c1-3-21-20(23-13-16(2)18-7-11-26-15-18)24-14-17-6-8-22-19(12-17)25-9-4-5-10-25;/h6-8,11-12,15-16H,3-5,9-10,13-14H2,1-2H3,(H2,21,23,24);1H. The van der Waals surface area contributed by atoms with E-state index in [9.17, 15) is 0 Å². The molecule has 2 aromatic rings. The van der Waals surface area contributed by atoms with Gasteiger partial charge in [0.05, 0.1) is 6.54 Å². The van der Waals surface area contributed by atoms with Gasteiger partial charge in [-0.15, -0.1) is 24.0 Å². The first kappa shape index (κ1) is 21.9. The maximum Gasteiger partial charge on any atom is 0.191 e. The van der Waals surface area contributed by atoms with Crippen molar-refractivity contribution in [2.75, 3.05) is 31.1 Å². The number of anilines is 1. The van der Waals surface area contributed by atoms with E-state index in [2.05, 4.69) is 63.3 Å². The minimum atomic E-state index is 0. The fraction of sp³-hybridized carbons (Fsp3) is 0.500. The summed E-state index contributed by atoms with van der Waals surface area (Å²) in [7, 11) is 0. The van der Waals surface area contributed by atoms with Gasteiger partial charge in [-0.25, -0.2) is 9.98 Å². The van der Waals surface area contributed by atoms with Crippen LogP contribution in [0.3, 0.4) is 0 Å². The summed E-state index contributed by atoms with van der Waals surface area (Å²) in [4.78, 5) is 11.6. The summed E-state index contributed by atoms with van der Waals surface area (Å²) in [6.45, 7) is 8.95. The van der Waals surface area contributed by atoms with Gasteiger partial charge in [-0.05, 0) is 65.8 Å². The van der Waals surface area contributed by atoms with E-state index in [0.29, 0.717) is 12.5 Å². The molecular formula is C20H30IN5S. The highest BCUT2D eigenvalue weighted by molar-refractivity contribution is 14.0. The summed E-state index contributed by atoms with van der Waals surface area (Å²) in [5.74, 6) is 2.42. The van der Waals surface area contributed by atoms with Crippen LogP contribution in [0.1, 0.15) is 43.7 Å². The van der Waals surface area contributed by atoms with E-state index in [4.69, 9.17) is 4.99 Å². The SMILES string of the molecule is CCNC(=NCc1ccnc(N2CCCC2)c1)NCC(C)c1ccsc1.I. The average molecular weight is 499 g/mol. The lowest BCUT2D eigenvalue weighted by atomic mass is 10.1. The second-order valence-corrected chi connectivity index (χ2v) is 7.53. The summed E-state index contributed by atoms with van der Waals surface area (Å²) in [5.41, 5.74) is 2.58. The molecule has 2 N–H and O–H groups in total. The van der Waals surface area contributed by atoms with Crippen molar-refractivity contribution in [3.05, 3.63) is 46.3 Å². The van der Waals surface area contributed by atoms with Crippen LogP contribution in [0.25, 0.3) is 0 Å². The second-order valence-electron chi connectivity index (χ2n) is 6.75. The molecule has 3 rings (SSSR count). The number of pyridine rings is 1. The van der Waals surface area contributed by atoms with E-state index >= 15 is 0 Å². The zero-order valence-corrected chi connectivity index (χ0v) is 19.3. The average Bonchev–Trinajstić information content (AvgIpc) is 3.38. The Morgan fingerprint density at radius 1 is 1.30 bits per heavy atom. The zero-order chi connectivity index (χ0) is 18.2. The third kappa shape index (κ3) is 6.64. The molecule has 2 aromatic heterocycles. The maximum absolute atomic E-state index is 4.76. The molecule has 0 radical (unpaired) electrons. The summed E-state index contributed by atoms with van der Waals surface area (Å²) < 4.78 is 0. The van der Waals surface area contributed by atoms with E-state index in [1.54, 1.807) is 11.3 Å². The molecule has 7 heteroatoms. The van der Waals surface area contributed by atoms with Crippen molar-refractivity contribution in [3.63, 3.8) is 0 Å². The minimum absolute atomic E-state index is 0. The molecule has 0 saturated carbocycles. The number of hydrogen-bond acceptors (Lipinski definition) is 4. The molecule has 3 heterocycles. The van der Waals surface area contributed by atoms with Crippen LogP contribution in [0.4, 0.5) is 5.82 Å². The van der Waals surface area contributed by atoms with Crippen molar-refractivity contribution < 1.29 is 0 Å². The fourth-order valence-corrected chi connectivity index (χ4v) is 3.90. The van der Waals surface area contributed by atoms with Crippen molar-refractivity contribution in [2.45, 2.75) is 39.2 Å². The van der Waals surface area contributed by atoms with Crippen molar-refractivity contribution >= 4 is 47.1 Å². The Morgan fingerprint density at radius 3 is 2.81 bits per heavy atom. The third-order valence-electron chi connectivity index (χ3n) is 4.69. The molecule has 5 nitrogen and oxygen atoms in total. The Morgan fingerprint density at radius 2 is 2.11 bits per heavy atom. The van der Waals surface area contributed by atoms with Crippen molar-refractivity contribution in [2.24, 2.45) is 4.99 Å². The first-order valence-electron chi connectivity index (χ1n) is 9.50. The van der Waals surface area contributed by atoms with Gasteiger partial charge in [0.25, 0.3) is 0 Å². The summed E-state index contributed by atoms with van der Waals surface area (Å²) in [6.07, 6.45) is 4.43. The molecule has 0 aromatic carbocycles. The summed E-state index contributed by atoms with van der Waals surface area (Å²) in [6, 6.07) is 6.42. The highest BCUT2D eigenvalue weighted by Crippen LogP contribution is 2.19. The molecule has 1 unspecified atom stereocenters. The number of nitrogens with zero attached hydrogens (tertiary/aromatic N) is 3. The van der Waals surface area contributed by atoms with Crippen LogP contribution in [-0.4, -0.2) is 37.1 Å². The molecule has 1 saturated heterocycles. The zero-order valence-electron chi connectivity index (χ0n) is 16.1. The Hall–Kier alpha value is -1.35. The van der Waals surface area contributed by atoms with Gasteiger partial charge in [0, 0.05) is 32.4 Å². The number of rotatable bonds is 7. The number of aliphatic imine (C=N–C) groups is 1. The Labute approximate surface area is 183 Å². The lowest BCUT2D eigenvalue weighted by molar-refractivity contribution is 0.701. The van der Waals surface area contributed by atoms with Crippen LogP contribution >= 0.6 is 35.3 Å². The first-order valence-corrected chi connectivity index (χ1v) is 10.4. The smallest absolute Gasteiger partial charge is 0.191 e. The van der Waals surface area contributed by atoms with Gasteiger partial charge in [-0.3, -0.25) is 0 Å². The molecule has 148 valence electrons. The largest absolute Gasteiger partial charge is 0.357 e. The van der Waals surface area contributed by atoms with E-state index < -0.39 is 0 Å². The van der Waals surface area contributed by atoms with Crippen molar-refractivity contribution in [3.8, 4) is 0 Å². The molecule has 0 spiro atoms. The van der Waals surface area contributed by atoms with E-state index in [1.807, 2.05) is 6.20 Å². The molecule has 0 bridgehead atoms. The Bertz CT molecular complexity index is 698. The van der Waals surface area contributed by atoms with Gasteiger partial charge in [0.2, 0.25) is 0 Å². The van der Waals surface area contributed by atoms with Gasteiger partial charge in [0.15, 0.2) is 5.96 Å². The molecular weight excluding hydrogens is 469 g/mol. The van der Waals surface area contributed by atoms with E-state index in [-0.39, 0.29) is 24.0 Å². The molecule has 0 aliphatic carbocycles. The predicted octanol–water partition coefficient (Wildman–Crippen LogP) is 4.22. The normalized spacial score (nSPS) is 15.3. The van der Waals surface area contributed by atoms with Crippen LogP contribution in [0.15, 0.2) is 40.1 Å². The quantitative estimate of drug-likeness (QED) is 0.341. The maximum atomic E-state index is 4.76. The lowest BCUT2D eigenvalue weighted by Crippen LogP contribution is -2.39. The van der Waals surface area contributed by atoms with Crippen molar-refractivity contribution in [1.29, 1.82) is 0 Å². The van der Waals surface area contributed by atoms with Crippen LogP contribution in [0.5, 0.6) is 0 Å². The fourth-order valence-electron chi connectivity index (χ4n) is 3.11. The number of aromatic nitrogens is 1. The van der Waals surface area contributed by atoms with Crippen LogP contribution in [0, 0.1) is 0 Å². The third-order valence-corrected chi connectivity index (χ3v) is 5.39. The number of nitrogens with one attached hydrogen (secondary N) is 2. The van der Waals surface area contributed by atoms with Gasteiger partial charge in [-0.2, -0.15) is 11.3 Å². The van der Waals surface area contributed by atoms with Gasteiger partial charge in [-0.1, -0.05) is 6.92 Å². The predicted molar refractivity (Wildman–Crippen MR) is 127 cm³/mol. The summed E-state index contributed by atoms with van der Waals surface area (Å²) in [5, 5.41) is 11.2. The summed E-state index contributed by atoms with van der Waals surface area (Å²) >= 11 is 1.75. The number of hydrogen-bond donors (Lipinski definition) is 2. The molecule has 27 heavy (non-hydrogen) atoms. The molecule has 0 amide bonds. The van der Waals surface area contributed by atoms with Gasteiger partial charge in [0.1, 0.15) is 5.82 Å². The number of guanidine groups is 1. The highest BCUT2D eigenvalue weighted by Gasteiger charge is 2.13. The van der Waals surface area contributed by atoms with E-state index in [1.165, 1.54) is 24.0 Å². The molecule has 1 aliphatic rings. The van der Waals surface area contributed by atoms with E-state index in [0.717, 1.165) is 38.0 Å². The van der Waals surface area contributed by atoms with Crippen LogP contribution in [0.2, 0.25) is 0 Å². The van der Waals surface area contributed by atoms with Crippen LogP contribution < -0.4 is 15.5 Å². The second kappa shape index (κ2) is 11.5. The van der Waals surface area contributed by atoms with Crippen LogP contribution in [-0.2, 0) is 6.54 Å². The molecule has 1 fully saturated rings. The molecule has 1 aliphatic heterocycles. The number of thiophene rings is 1. The Kier molecular flexibility index (Phi) is 9.33. The number of halogens is 1. The first-order chi connectivity index (χ1) is 12.8. The van der Waals surface area contributed by atoms with Gasteiger partial charge >= 0.3 is 0 Å². The lowest BCUT2D eigenvalue weighted by Gasteiger charge is -2.17. The van der Waals surface area contributed by atoms with Gasteiger partial charge < -0.3 is 15.5 Å². The Balaban J connectivity index is 0.00000261. The monoisotopic (exact) mass is 499 g/mol. The highest BCUT2D eigenvalue weighted by atomic mass is 127.